The van der Waals surface area contributed by atoms with Crippen LogP contribution in [0.1, 0.15) is 44.1 Å². The zero-order valence-corrected chi connectivity index (χ0v) is 11.7. The average molecular weight is 273 g/mol. The van der Waals surface area contributed by atoms with Gasteiger partial charge in [0.15, 0.2) is 11.5 Å². The van der Waals surface area contributed by atoms with Gasteiger partial charge >= 0.3 is 0 Å². The molecular weight excluding hydrogens is 254 g/mol. The summed E-state index contributed by atoms with van der Waals surface area (Å²) in [7, 11) is 1.64. The van der Waals surface area contributed by atoms with Crippen LogP contribution >= 0.6 is 0 Å². The van der Waals surface area contributed by atoms with Crippen molar-refractivity contribution in [3.63, 3.8) is 0 Å². The number of hydrogen-bond donors (Lipinski definition) is 0. The van der Waals surface area contributed by atoms with Gasteiger partial charge in [-0.05, 0) is 43.4 Å². The molecule has 1 aromatic carbocycles. The average Bonchev–Trinajstić information content (AvgIpc) is 3.16. The van der Waals surface area contributed by atoms with Gasteiger partial charge in [0.25, 0.3) is 0 Å². The standard InChI is InChI=1S/C16H19NO3/c1-19-15-10-12(4-7-14(15)20-13-5-6-13)16(17-11-18)8-2-3-9-16/h4,7,10,13H,2-3,5-6,8-9H2,1H3. The molecule has 0 heterocycles. The predicted molar refractivity (Wildman–Crippen MR) is 74.9 cm³/mol. The van der Waals surface area contributed by atoms with Crippen LogP contribution in [0, 0.1) is 0 Å². The zero-order valence-electron chi connectivity index (χ0n) is 11.7. The summed E-state index contributed by atoms with van der Waals surface area (Å²) < 4.78 is 11.3. The van der Waals surface area contributed by atoms with Crippen LogP contribution in [-0.2, 0) is 10.3 Å². The third-order valence-corrected chi connectivity index (χ3v) is 4.21. The number of ether oxygens (including phenoxy) is 2. The van der Waals surface area contributed by atoms with Gasteiger partial charge in [-0.15, -0.1) is 0 Å². The van der Waals surface area contributed by atoms with E-state index in [0.717, 1.165) is 55.6 Å². The highest BCUT2D eigenvalue weighted by Gasteiger charge is 2.36. The van der Waals surface area contributed by atoms with Crippen molar-refractivity contribution >= 4 is 6.08 Å². The van der Waals surface area contributed by atoms with E-state index in [2.05, 4.69) is 4.99 Å². The number of rotatable bonds is 5. The third-order valence-electron chi connectivity index (χ3n) is 4.21. The van der Waals surface area contributed by atoms with Gasteiger partial charge in [-0.3, -0.25) is 0 Å². The molecule has 4 heteroatoms. The molecule has 1 aromatic rings. The molecule has 2 aliphatic rings. The Morgan fingerprint density at radius 2 is 2.00 bits per heavy atom. The Morgan fingerprint density at radius 3 is 2.60 bits per heavy atom. The highest BCUT2D eigenvalue weighted by atomic mass is 16.5. The number of aliphatic imine (C=N–C) groups is 1. The molecule has 2 aliphatic carbocycles. The first kappa shape index (κ1) is 13.2. The lowest BCUT2D eigenvalue weighted by atomic mass is 9.89. The molecule has 0 radical (unpaired) electrons. The quantitative estimate of drug-likeness (QED) is 0.610. The van der Waals surface area contributed by atoms with Crippen molar-refractivity contribution in [3.05, 3.63) is 23.8 Å². The first-order valence-corrected chi connectivity index (χ1v) is 7.22. The molecule has 0 aromatic heterocycles. The van der Waals surface area contributed by atoms with Crippen molar-refractivity contribution < 1.29 is 14.3 Å². The Labute approximate surface area is 118 Å². The third kappa shape index (κ3) is 2.44. The van der Waals surface area contributed by atoms with Crippen LogP contribution in [0.15, 0.2) is 23.2 Å². The van der Waals surface area contributed by atoms with Gasteiger partial charge in [0, 0.05) is 0 Å². The van der Waals surface area contributed by atoms with Crippen molar-refractivity contribution in [2.24, 2.45) is 4.99 Å². The van der Waals surface area contributed by atoms with Crippen LogP contribution in [0.25, 0.3) is 0 Å². The lowest BCUT2D eigenvalue weighted by molar-refractivity contribution is 0.281. The minimum absolute atomic E-state index is 0.336. The maximum atomic E-state index is 10.8. The number of hydrogen-bond acceptors (Lipinski definition) is 4. The normalized spacial score (nSPS) is 20.2. The van der Waals surface area contributed by atoms with Crippen LogP contribution in [-0.4, -0.2) is 19.3 Å². The monoisotopic (exact) mass is 273 g/mol. The van der Waals surface area contributed by atoms with Gasteiger partial charge in [0.05, 0.1) is 18.8 Å². The molecule has 2 saturated carbocycles. The number of methoxy groups -OCH3 is 1. The van der Waals surface area contributed by atoms with Gasteiger partial charge in [0.2, 0.25) is 6.08 Å². The summed E-state index contributed by atoms with van der Waals surface area (Å²) in [4.78, 5) is 14.9. The lowest BCUT2D eigenvalue weighted by Crippen LogP contribution is -2.19. The van der Waals surface area contributed by atoms with Crippen molar-refractivity contribution in [1.82, 2.24) is 0 Å². The predicted octanol–water partition coefficient (Wildman–Crippen LogP) is 3.34. The molecule has 3 rings (SSSR count). The van der Waals surface area contributed by atoms with Crippen molar-refractivity contribution in [2.45, 2.75) is 50.2 Å². The minimum Gasteiger partial charge on any atom is -0.493 e. The van der Waals surface area contributed by atoms with Crippen LogP contribution in [0.3, 0.4) is 0 Å². The van der Waals surface area contributed by atoms with Gasteiger partial charge in [-0.2, -0.15) is 4.99 Å². The molecule has 0 amide bonds. The Kier molecular flexibility index (Phi) is 3.49. The molecule has 4 nitrogen and oxygen atoms in total. The fourth-order valence-electron chi connectivity index (χ4n) is 2.93. The first-order valence-electron chi connectivity index (χ1n) is 7.22. The Hall–Kier alpha value is -1.80. The second kappa shape index (κ2) is 5.29. The number of carbonyl (C=O) groups excluding carboxylic acids is 1. The van der Waals surface area contributed by atoms with Crippen LogP contribution in [0.5, 0.6) is 11.5 Å². The van der Waals surface area contributed by atoms with E-state index in [1.165, 1.54) is 0 Å². The molecule has 0 spiro atoms. The SMILES string of the molecule is COc1cc(C2(N=C=O)CCCC2)ccc1OC1CC1. The highest BCUT2D eigenvalue weighted by molar-refractivity contribution is 5.47. The Balaban J connectivity index is 1.94. The van der Waals surface area contributed by atoms with E-state index in [9.17, 15) is 4.79 Å². The summed E-state index contributed by atoms with van der Waals surface area (Å²) in [6.07, 6.45) is 8.29. The maximum Gasteiger partial charge on any atom is 0.235 e. The van der Waals surface area contributed by atoms with Crippen molar-refractivity contribution in [2.75, 3.05) is 7.11 Å². The lowest BCUT2D eigenvalue weighted by Gasteiger charge is -2.24. The summed E-state index contributed by atoms with van der Waals surface area (Å²) in [5.74, 6) is 1.50. The first-order chi connectivity index (χ1) is 9.77. The minimum atomic E-state index is -0.410. The summed E-state index contributed by atoms with van der Waals surface area (Å²) in [5, 5.41) is 0. The molecule has 0 aliphatic heterocycles. The second-order valence-electron chi connectivity index (χ2n) is 5.62. The molecule has 0 unspecified atom stereocenters. The fourth-order valence-corrected chi connectivity index (χ4v) is 2.93. The van der Waals surface area contributed by atoms with E-state index < -0.39 is 5.54 Å². The van der Waals surface area contributed by atoms with Gasteiger partial charge in [-0.25, -0.2) is 4.79 Å². The van der Waals surface area contributed by atoms with Crippen molar-refractivity contribution in [3.8, 4) is 11.5 Å². The van der Waals surface area contributed by atoms with Gasteiger partial charge < -0.3 is 9.47 Å². The second-order valence-corrected chi connectivity index (χ2v) is 5.62. The van der Waals surface area contributed by atoms with E-state index in [-0.39, 0.29) is 0 Å². The number of benzene rings is 1. The smallest absolute Gasteiger partial charge is 0.235 e. The van der Waals surface area contributed by atoms with Crippen LogP contribution in [0.4, 0.5) is 0 Å². The molecule has 0 N–H and O–H groups in total. The van der Waals surface area contributed by atoms with Gasteiger partial charge in [0.1, 0.15) is 0 Å². The topological polar surface area (TPSA) is 47.9 Å². The van der Waals surface area contributed by atoms with E-state index in [1.54, 1.807) is 13.2 Å². The van der Waals surface area contributed by atoms with Gasteiger partial charge in [-0.1, -0.05) is 18.9 Å². The van der Waals surface area contributed by atoms with Crippen LogP contribution < -0.4 is 9.47 Å². The van der Waals surface area contributed by atoms with E-state index >= 15 is 0 Å². The van der Waals surface area contributed by atoms with Crippen LogP contribution in [0.2, 0.25) is 0 Å². The molecule has 0 saturated heterocycles. The summed E-state index contributed by atoms with van der Waals surface area (Å²) in [6, 6.07) is 5.91. The molecule has 20 heavy (non-hydrogen) atoms. The van der Waals surface area contributed by atoms with E-state index in [1.807, 2.05) is 18.2 Å². The summed E-state index contributed by atoms with van der Waals surface area (Å²) >= 11 is 0. The van der Waals surface area contributed by atoms with Crippen molar-refractivity contribution in [1.29, 1.82) is 0 Å². The Morgan fingerprint density at radius 1 is 1.25 bits per heavy atom. The summed E-state index contributed by atoms with van der Waals surface area (Å²) in [6.45, 7) is 0. The Bertz CT molecular complexity index is 539. The van der Waals surface area contributed by atoms with E-state index in [4.69, 9.17) is 9.47 Å². The highest BCUT2D eigenvalue weighted by Crippen LogP contribution is 2.45. The maximum absolute atomic E-state index is 10.8. The fraction of sp³-hybridized carbons (Fsp3) is 0.562. The number of isocyanates is 1. The van der Waals surface area contributed by atoms with E-state index in [0.29, 0.717) is 6.10 Å². The largest absolute Gasteiger partial charge is 0.493 e. The molecule has 2 fully saturated rings. The number of nitrogens with zero attached hydrogens (tertiary/aromatic N) is 1. The molecular formula is C16H19NO3. The molecule has 106 valence electrons. The zero-order chi connectivity index (χ0) is 14.0. The molecule has 0 bridgehead atoms. The molecule has 0 atom stereocenters. The summed E-state index contributed by atoms with van der Waals surface area (Å²) in [5.41, 5.74) is 0.617.